The van der Waals surface area contributed by atoms with Gasteiger partial charge in [-0.3, -0.25) is 9.59 Å². The summed E-state index contributed by atoms with van der Waals surface area (Å²) in [6.45, 7) is 2.77. The molecule has 0 spiro atoms. The van der Waals surface area contributed by atoms with Gasteiger partial charge >= 0.3 is 0 Å². The molecule has 1 heterocycles. The summed E-state index contributed by atoms with van der Waals surface area (Å²) in [6.07, 6.45) is 1.62. The molecule has 184 valence electrons. The van der Waals surface area contributed by atoms with E-state index >= 15 is 0 Å². The van der Waals surface area contributed by atoms with Crippen LogP contribution in [-0.4, -0.2) is 44.8 Å². The standard InChI is InChI=1S/C28H28N4O4/c1-19(22-11-14-25-26(18-22)36-16-15-35-25)30-31-28(34)24(29-27(33)21-7-5-4-6-8-21)17-20-9-12-23(13-10-20)32(2)3/h4-14,17-18H,15-16H2,1-3H3,(H,29,33)(H,31,34)/b24-17+,30-19?. The highest BCUT2D eigenvalue weighted by Crippen LogP contribution is 2.30. The first-order valence-corrected chi connectivity index (χ1v) is 11.5. The second-order valence-corrected chi connectivity index (χ2v) is 8.36. The fourth-order valence-corrected chi connectivity index (χ4v) is 3.51. The van der Waals surface area contributed by atoms with Gasteiger partial charge in [-0.05, 0) is 61.0 Å². The number of hydrogen-bond acceptors (Lipinski definition) is 6. The van der Waals surface area contributed by atoms with Gasteiger partial charge in [0, 0.05) is 30.9 Å². The zero-order valence-corrected chi connectivity index (χ0v) is 20.4. The summed E-state index contributed by atoms with van der Waals surface area (Å²) < 4.78 is 11.2. The van der Waals surface area contributed by atoms with Crippen molar-refractivity contribution in [1.82, 2.24) is 10.7 Å². The molecule has 36 heavy (non-hydrogen) atoms. The van der Waals surface area contributed by atoms with Gasteiger partial charge in [0.1, 0.15) is 18.9 Å². The van der Waals surface area contributed by atoms with Crippen LogP contribution in [0.2, 0.25) is 0 Å². The molecule has 1 aliphatic rings. The minimum absolute atomic E-state index is 0.0696. The lowest BCUT2D eigenvalue weighted by Gasteiger charge is -2.18. The number of carbonyl (C=O) groups is 2. The third kappa shape index (κ3) is 6.09. The molecule has 0 unspecified atom stereocenters. The molecule has 4 rings (SSSR count). The van der Waals surface area contributed by atoms with Gasteiger partial charge in [0.05, 0.1) is 5.71 Å². The van der Waals surface area contributed by atoms with Gasteiger partial charge in [-0.2, -0.15) is 5.10 Å². The monoisotopic (exact) mass is 484 g/mol. The van der Waals surface area contributed by atoms with Gasteiger partial charge in [0.2, 0.25) is 0 Å². The Morgan fingerprint density at radius 1 is 0.889 bits per heavy atom. The summed E-state index contributed by atoms with van der Waals surface area (Å²) in [7, 11) is 3.90. The summed E-state index contributed by atoms with van der Waals surface area (Å²) in [5.74, 6) is 0.370. The summed E-state index contributed by atoms with van der Waals surface area (Å²) >= 11 is 0. The first kappa shape index (κ1) is 24.5. The number of rotatable bonds is 7. The Morgan fingerprint density at radius 3 is 2.28 bits per heavy atom. The molecule has 1 aliphatic heterocycles. The van der Waals surface area contributed by atoms with Crippen LogP contribution in [0, 0.1) is 0 Å². The maximum Gasteiger partial charge on any atom is 0.287 e. The van der Waals surface area contributed by atoms with Crippen molar-refractivity contribution in [3.63, 3.8) is 0 Å². The van der Waals surface area contributed by atoms with E-state index < -0.39 is 11.8 Å². The van der Waals surface area contributed by atoms with Crippen molar-refractivity contribution in [1.29, 1.82) is 0 Å². The Labute approximate surface area is 210 Å². The van der Waals surface area contributed by atoms with Crippen LogP contribution in [0.15, 0.2) is 83.6 Å². The number of fused-ring (bicyclic) bond motifs is 1. The van der Waals surface area contributed by atoms with Crippen molar-refractivity contribution >= 4 is 29.3 Å². The number of nitrogens with one attached hydrogen (secondary N) is 2. The fraction of sp³-hybridized carbons (Fsp3) is 0.179. The van der Waals surface area contributed by atoms with E-state index in [0.29, 0.717) is 36.0 Å². The molecule has 3 aromatic rings. The Kier molecular flexibility index (Phi) is 7.65. The highest BCUT2D eigenvalue weighted by atomic mass is 16.6. The van der Waals surface area contributed by atoms with E-state index in [9.17, 15) is 9.59 Å². The quantitative estimate of drug-likeness (QED) is 0.302. The maximum atomic E-state index is 13.1. The summed E-state index contributed by atoms with van der Waals surface area (Å²) in [6, 6.07) is 21.8. The van der Waals surface area contributed by atoms with Crippen molar-refractivity contribution in [2.75, 3.05) is 32.2 Å². The van der Waals surface area contributed by atoms with Crippen LogP contribution in [-0.2, 0) is 4.79 Å². The summed E-state index contributed by atoms with van der Waals surface area (Å²) in [4.78, 5) is 27.9. The van der Waals surface area contributed by atoms with Gasteiger partial charge in [0.25, 0.3) is 11.8 Å². The highest BCUT2D eigenvalue weighted by Gasteiger charge is 2.16. The first-order chi connectivity index (χ1) is 17.4. The number of anilines is 1. The molecule has 0 aromatic heterocycles. The largest absolute Gasteiger partial charge is 0.486 e. The zero-order chi connectivity index (χ0) is 25.5. The fourth-order valence-electron chi connectivity index (χ4n) is 3.51. The van der Waals surface area contributed by atoms with Crippen LogP contribution in [0.3, 0.4) is 0 Å². The Bertz CT molecular complexity index is 1300. The van der Waals surface area contributed by atoms with Gasteiger partial charge in [0.15, 0.2) is 11.5 Å². The number of hydrogen-bond donors (Lipinski definition) is 2. The van der Waals surface area contributed by atoms with E-state index in [2.05, 4.69) is 15.8 Å². The minimum Gasteiger partial charge on any atom is -0.486 e. The number of nitrogens with zero attached hydrogens (tertiary/aromatic N) is 2. The smallest absolute Gasteiger partial charge is 0.287 e. The summed E-state index contributed by atoms with van der Waals surface area (Å²) in [5, 5.41) is 6.96. The molecule has 0 saturated heterocycles. The Hall–Kier alpha value is -4.59. The van der Waals surface area contributed by atoms with E-state index in [1.165, 1.54) is 0 Å². The molecule has 0 aliphatic carbocycles. The summed E-state index contributed by atoms with van der Waals surface area (Å²) in [5.41, 5.74) is 6.19. The Balaban J connectivity index is 1.55. The molecule has 0 radical (unpaired) electrons. The van der Waals surface area contributed by atoms with E-state index in [-0.39, 0.29) is 5.70 Å². The van der Waals surface area contributed by atoms with Crippen LogP contribution >= 0.6 is 0 Å². The van der Waals surface area contributed by atoms with Crippen molar-refractivity contribution in [2.24, 2.45) is 5.10 Å². The second-order valence-electron chi connectivity index (χ2n) is 8.36. The number of carbonyl (C=O) groups excluding carboxylic acids is 2. The second kappa shape index (κ2) is 11.2. The average Bonchev–Trinajstić information content (AvgIpc) is 2.91. The lowest BCUT2D eigenvalue weighted by Crippen LogP contribution is -2.33. The molecule has 2 N–H and O–H groups in total. The van der Waals surface area contributed by atoms with Gasteiger partial charge in [-0.1, -0.05) is 30.3 Å². The van der Waals surface area contributed by atoms with Crippen LogP contribution < -0.4 is 25.1 Å². The van der Waals surface area contributed by atoms with Crippen LogP contribution in [0.1, 0.15) is 28.4 Å². The molecule has 0 fully saturated rings. The van der Waals surface area contributed by atoms with Crippen molar-refractivity contribution in [3.05, 3.63) is 95.2 Å². The highest BCUT2D eigenvalue weighted by molar-refractivity contribution is 6.06. The van der Waals surface area contributed by atoms with Crippen molar-refractivity contribution < 1.29 is 19.1 Å². The van der Waals surface area contributed by atoms with Gasteiger partial charge in [-0.15, -0.1) is 0 Å². The van der Waals surface area contributed by atoms with Crippen LogP contribution in [0.25, 0.3) is 6.08 Å². The van der Waals surface area contributed by atoms with Gasteiger partial charge in [-0.25, -0.2) is 5.43 Å². The van der Waals surface area contributed by atoms with E-state index in [1.54, 1.807) is 37.3 Å². The van der Waals surface area contributed by atoms with Crippen LogP contribution in [0.5, 0.6) is 11.5 Å². The SMILES string of the molecule is CC(=NNC(=O)/C(=C\c1ccc(N(C)C)cc1)NC(=O)c1ccccc1)c1ccc2c(c1)OCCO2. The zero-order valence-electron chi connectivity index (χ0n) is 20.4. The molecule has 2 amide bonds. The third-order valence-electron chi connectivity index (χ3n) is 5.53. The van der Waals surface area contributed by atoms with Crippen molar-refractivity contribution in [2.45, 2.75) is 6.92 Å². The minimum atomic E-state index is -0.548. The molecule has 0 atom stereocenters. The van der Waals surface area contributed by atoms with E-state index in [0.717, 1.165) is 16.8 Å². The Morgan fingerprint density at radius 2 is 1.58 bits per heavy atom. The predicted molar refractivity (Wildman–Crippen MR) is 140 cm³/mol. The molecule has 8 nitrogen and oxygen atoms in total. The molecular weight excluding hydrogens is 456 g/mol. The molecule has 0 bridgehead atoms. The van der Waals surface area contributed by atoms with Crippen LogP contribution in [0.4, 0.5) is 5.69 Å². The van der Waals surface area contributed by atoms with E-state index in [4.69, 9.17) is 9.47 Å². The third-order valence-corrected chi connectivity index (χ3v) is 5.53. The normalized spacial score (nSPS) is 13.1. The molecule has 0 saturated carbocycles. The van der Waals surface area contributed by atoms with E-state index in [1.807, 2.05) is 67.5 Å². The molecule has 8 heteroatoms. The topological polar surface area (TPSA) is 92.3 Å². The molecular formula is C28H28N4O4. The number of benzene rings is 3. The lowest BCUT2D eigenvalue weighted by atomic mass is 10.1. The average molecular weight is 485 g/mol. The maximum absolute atomic E-state index is 13.1. The number of ether oxygens (including phenoxy) is 2. The lowest BCUT2D eigenvalue weighted by molar-refractivity contribution is -0.117. The first-order valence-electron chi connectivity index (χ1n) is 11.5. The van der Waals surface area contributed by atoms with Gasteiger partial charge < -0.3 is 19.7 Å². The molecule has 3 aromatic carbocycles. The van der Waals surface area contributed by atoms with Crippen molar-refractivity contribution in [3.8, 4) is 11.5 Å². The number of hydrazone groups is 1. The predicted octanol–water partition coefficient (Wildman–Crippen LogP) is 3.84. The number of amides is 2.